The Morgan fingerprint density at radius 2 is 1.74 bits per heavy atom. The largest absolute Gasteiger partial charge is 0.372 e. The molecule has 35 heavy (non-hydrogen) atoms. The lowest BCUT2D eigenvalue weighted by atomic mass is 10.0. The molecule has 16 nitrogen and oxygen atoms in total. The van der Waals surface area contributed by atoms with Gasteiger partial charge in [-0.1, -0.05) is 0 Å². The van der Waals surface area contributed by atoms with Gasteiger partial charge in [-0.15, -0.1) is 0 Å². The molecule has 0 aliphatic heterocycles. The van der Waals surface area contributed by atoms with Crippen LogP contribution in [-0.4, -0.2) is 78.1 Å². The number of hydrogen-bond donors (Lipinski definition) is 6. The molecule has 0 radical (unpaired) electrons. The highest BCUT2D eigenvalue weighted by atomic mass is 31.2. The molecule has 2 heterocycles. The number of nitrogens with zero attached hydrogens (tertiary/aromatic N) is 3. The molecule has 0 spiro atoms. The number of nitrogen functional groups attached to an aromatic ring is 1. The van der Waals surface area contributed by atoms with Gasteiger partial charge >= 0.3 is 7.60 Å². The van der Waals surface area contributed by atoms with Crippen molar-refractivity contribution in [2.24, 2.45) is 0 Å². The topological polar surface area (TPSA) is 233 Å². The molecule has 0 amide bonds. The number of ether oxygens (including phenoxy) is 1. The monoisotopic (exact) mass is 519 g/mol. The Morgan fingerprint density at radius 1 is 1.20 bits per heavy atom. The van der Waals surface area contributed by atoms with E-state index in [2.05, 4.69) is 25.9 Å². The molecule has 2 atom stereocenters. The van der Waals surface area contributed by atoms with Crippen LogP contribution in [0.2, 0.25) is 0 Å². The normalized spacial score (nSPS) is 14.2. The Labute approximate surface area is 199 Å². The summed E-state index contributed by atoms with van der Waals surface area (Å²) in [5.41, 5.74) is 9.69. The van der Waals surface area contributed by atoms with Gasteiger partial charge in [0.25, 0.3) is 10.9 Å². The lowest BCUT2D eigenvalue weighted by molar-refractivity contribution is -0.156. The molecule has 0 fully saturated rings. The Bertz CT molecular complexity index is 1120. The first-order chi connectivity index (χ1) is 16.4. The minimum Gasteiger partial charge on any atom is -0.369 e. The van der Waals surface area contributed by atoms with Crippen LogP contribution in [0.4, 0.5) is 5.95 Å². The molecule has 7 N–H and O–H groups in total. The van der Waals surface area contributed by atoms with Gasteiger partial charge in [0, 0.05) is 6.54 Å². The van der Waals surface area contributed by atoms with Gasteiger partial charge in [-0.25, -0.2) is 4.98 Å². The number of carbonyl (C=O) groups is 2. The van der Waals surface area contributed by atoms with E-state index in [4.69, 9.17) is 20.1 Å². The van der Waals surface area contributed by atoms with Gasteiger partial charge in [0.1, 0.15) is 0 Å². The molecule has 196 valence electrons. The molecule has 0 aliphatic rings. The summed E-state index contributed by atoms with van der Waals surface area (Å²) >= 11 is 0. The fourth-order valence-electron chi connectivity index (χ4n) is 3.17. The van der Waals surface area contributed by atoms with Crippen LogP contribution in [0.25, 0.3) is 11.2 Å². The standard InChI is InChI=1S/C18H30N7O9P/c1-5-33-23-10(3)13(26)18(35(29,30)31,14(27)11(4)24-34-6-2)32-8-7-25-9-20-12-15(25)21-17(19)22-16(12)28/h9-11,23-24H,5-8H2,1-4H3,(H2,29,30,31)(H3,19,21,22,28)/t10-,11-/m0/s1. The van der Waals surface area contributed by atoms with Crippen molar-refractivity contribution in [2.45, 2.75) is 51.7 Å². The van der Waals surface area contributed by atoms with Crippen molar-refractivity contribution < 1.29 is 38.4 Å². The number of nitrogens with one attached hydrogen (secondary N) is 3. The summed E-state index contributed by atoms with van der Waals surface area (Å²) in [7, 11) is -5.59. The smallest absolute Gasteiger partial charge is 0.369 e. The van der Waals surface area contributed by atoms with Gasteiger partial charge < -0.3 is 34.5 Å². The van der Waals surface area contributed by atoms with E-state index < -0.39 is 48.8 Å². The Kier molecular flexibility index (Phi) is 9.76. The molecule has 0 aromatic carbocycles. The van der Waals surface area contributed by atoms with E-state index in [9.17, 15) is 28.7 Å². The number of hydroxylamine groups is 2. The first-order valence-electron chi connectivity index (χ1n) is 10.6. The number of fused-ring (bicyclic) bond motifs is 1. The molecule has 2 aromatic rings. The minimum atomic E-state index is -5.59. The van der Waals surface area contributed by atoms with Crippen molar-refractivity contribution in [3.05, 3.63) is 16.7 Å². The number of Topliss-reactive ketones (excluding diaryl/α,β-unsaturated/α-hetero) is 2. The molecule has 0 aliphatic carbocycles. The number of aromatic amines is 1. The van der Waals surface area contributed by atoms with Crippen LogP contribution in [-0.2, 0) is 35.1 Å². The Balaban J connectivity index is 2.44. The molecule has 0 saturated heterocycles. The highest BCUT2D eigenvalue weighted by Gasteiger charge is 2.62. The van der Waals surface area contributed by atoms with Gasteiger partial charge in [-0.2, -0.15) is 15.9 Å². The lowest BCUT2D eigenvalue weighted by Gasteiger charge is -2.35. The number of H-pyrrole nitrogens is 1. The number of hydrogen-bond acceptors (Lipinski definition) is 12. The maximum absolute atomic E-state index is 13.3. The summed E-state index contributed by atoms with van der Waals surface area (Å²) in [6.45, 7) is 5.32. The van der Waals surface area contributed by atoms with E-state index in [-0.39, 0.29) is 36.9 Å². The lowest BCUT2D eigenvalue weighted by Crippen LogP contribution is -2.60. The van der Waals surface area contributed by atoms with Gasteiger partial charge in [0.15, 0.2) is 11.2 Å². The zero-order chi connectivity index (χ0) is 26.4. The molecule has 0 bridgehead atoms. The fourth-order valence-corrected chi connectivity index (χ4v) is 4.39. The highest BCUT2D eigenvalue weighted by Crippen LogP contribution is 2.53. The van der Waals surface area contributed by atoms with Crippen LogP contribution < -0.4 is 22.3 Å². The summed E-state index contributed by atoms with van der Waals surface area (Å²) < 4.78 is 19.5. The third-order valence-corrected chi connectivity index (χ3v) is 6.20. The number of rotatable bonds is 15. The Hall–Kier alpha value is -2.56. The number of nitrogens with two attached hydrogens (primary N) is 1. The molecule has 2 aromatic heterocycles. The second kappa shape index (κ2) is 11.9. The van der Waals surface area contributed by atoms with Crippen LogP contribution in [0, 0.1) is 0 Å². The number of carbonyl (C=O) groups excluding carboxylic acids is 2. The summed E-state index contributed by atoms with van der Waals surface area (Å²) in [5.74, 6) is -2.67. The fraction of sp³-hybridized carbons (Fsp3) is 0.611. The Morgan fingerprint density at radius 3 is 2.23 bits per heavy atom. The van der Waals surface area contributed by atoms with Crippen LogP contribution in [0.5, 0.6) is 0 Å². The minimum absolute atomic E-state index is 0.0309. The molecular formula is C18H30N7O9P. The maximum atomic E-state index is 13.3. The molecule has 2 rings (SSSR count). The molecular weight excluding hydrogens is 489 g/mol. The molecule has 0 saturated carbocycles. The van der Waals surface area contributed by atoms with E-state index in [0.717, 1.165) is 0 Å². The van der Waals surface area contributed by atoms with Crippen molar-refractivity contribution >= 4 is 36.3 Å². The van der Waals surface area contributed by atoms with E-state index >= 15 is 0 Å². The predicted octanol–water partition coefficient (Wildman–Crippen LogP) is -1.41. The quantitative estimate of drug-likeness (QED) is 0.0901. The average Bonchev–Trinajstić information content (AvgIpc) is 3.19. The number of imidazole rings is 1. The van der Waals surface area contributed by atoms with Gasteiger partial charge in [-0.05, 0) is 27.7 Å². The van der Waals surface area contributed by atoms with Crippen LogP contribution in [0.15, 0.2) is 11.1 Å². The second-order valence-electron chi connectivity index (χ2n) is 7.37. The van der Waals surface area contributed by atoms with E-state index in [1.807, 2.05) is 0 Å². The van der Waals surface area contributed by atoms with E-state index in [1.165, 1.54) is 24.7 Å². The van der Waals surface area contributed by atoms with Crippen molar-refractivity contribution in [1.82, 2.24) is 30.5 Å². The third-order valence-electron chi connectivity index (χ3n) is 4.81. The van der Waals surface area contributed by atoms with Crippen molar-refractivity contribution in [1.29, 1.82) is 0 Å². The summed E-state index contributed by atoms with van der Waals surface area (Å²) in [6.07, 6.45) is 1.23. The summed E-state index contributed by atoms with van der Waals surface area (Å²) in [6, 6.07) is -2.67. The van der Waals surface area contributed by atoms with Gasteiger partial charge in [-0.3, -0.25) is 23.9 Å². The predicted molar refractivity (Wildman–Crippen MR) is 122 cm³/mol. The van der Waals surface area contributed by atoms with Crippen LogP contribution >= 0.6 is 7.60 Å². The van der Waals surface area contributed by atoms with E-state index in [0.29, 0.717) is 0 Å². The third kappa shape index (κ3) is 6.17. The average molecular weight is 519 g/mol. The number of ketones is 2. The van der Waals surface area contributed by atoms with Crippen molar-refractivity contribution in [3.8, 4) is 0 Å². The van der Waals surface area contributed by atoms with Crippen molar-refractivity contribution in [2.75, 3.05) is 25.6 Å². The zero-order valence-electron chi connectivity index (χ0n) is 19.7. The highest BCUT2D eigenvalue weighted by molar-refractivity contribution is 7.56. The zero-order valence-corrected chi connectivity index (χ0v) is 20.6. The summed E-state index contributed by atoms with van der Waals surface area (Å²) in [4.78, 5) is 79.1. The van der Waals surface area contributed by atoms with E-state index in [1.54, 1.807) is 13.8 Å². The molecule has 0 unspecified atom stereocenters. The number of aromatic nitrogens is 4. The first-order valence-corrected chi connectivity index (χ1v) is 12.2. The maximum Gasteiger partial charge on any atom is 0.372 e. The number of anilines is 1. The van der Waals surface area contributed by atoms with Crippen LogP contribution in [0.1, 0.15) is 27.7 Å². The van der Waals surface area contributed by atoms with Crippen molar-refractivity contribution in [3.63, 3.8) is 0 Å². The van der Waals surface area contributed by atoms with Gasteiger partial charge in [0.2, 0.25) is 17.5 Å². The molecule has 17 heteroatoms. The van der Waals surface area contributed by atoms with Gasteiger partial charge in [0.05, 0.1) is 38.2 Å². The first kappa shape index (κ1) is 28.7. The SMILES string of the molecule is CCON[C@@H](C)C(=O)C(OCCn1cnc2c(=O)[nH]c(N)nc21)(C(=O)[C@H](C)NOCC)P(=O)(O)O. The second-order valence-corrected chi connectivity index (χ2v) is 9.09. The summed E-state index contributed by atoms with van der Waals surface area (Å²) in [5, 5.41) is -3.19. The van der Waals surface area contributed by atoms with Crippen LogP contribution in [0.3, 0.4) is 0 Å².